The van der Waals surface area contributed by atoms with E-state index < -0.39 is 0 Å². The second kappa shape index (κ2) is 7.06. The number of hydrogen-bond donors (Lipinski definition) is 0. The zero-order chi connectivity index (χ0) is 18.8. The average molecular weight is 354 g/mol. The molecule has 0 aromatic heterocycles. The van der Waals surface area contributed by atoms with Gasteiger partial charge in [-0.25, -0.2) is 0 Å². The van der Waals surface area contributed by atoms with Crippen molar-refractivity contribution in [2.24, 2.45) is 0 Å². The van der Waals surface area contributed by atoms with Crippen LogP contribution >= 0.6 is 0 Å². The van der Waals surface area contributed by atoms with Gasteiger partial charge in [0.05, 0.1) is 0 Å². The van der Waals surface area contributed by atoms with E-state index in [9.17, 15) is 0 Å². The molecule has 0 saturated heterocycles. The Morgan fingerprint density at radius 3 is 1.93 bits per heavy atom. The van der Waals surface area contributed by atoms with Crippen molar-refractivity contribution in [2.45, 2.75) is 0 Å². The van der Waals surface area contributed by atoms with Gasteiger partial charge in [0.2, 0.25) is 0 Å². The third-order valence-corrected chi connectivity index (χ3v) is 5.05. The van der Waals surface area contributed by atoms with Crippen LogP contribution in [0.1, 0.15) is 11.1 Å². The van der Waals surface area contributed by atoms with E-state index in [1.54, 1.807) is 0 Å². The van der Waals surface area contributed by atoms with Gasteiger partial charge in [-0.05, 0) is 56.9 Å². The summed E-state index contributed by atoms with van der Waals surface area (Å²) in [6.45, 7) is 0. The van der Waals surface area contributed by atoms with Crippen molar-refractivity contribution in [3.8, 4) is 23.0 Å². The Hall–Kier alpha value is -3.82. The molecule has 130 valence electrons. The highest BCUT2D eigenvalue weighted by molar-refractivity contribution is 6.14. The van der Waals surface area contributed by atoms with Gasteiger partial charge in [-0.3, -0.25) is 0 Å². The van der Waals surface area contributed by atoms with Crippen LogP contribution in [0.25, 0.3) is 32.7 Å². The smallest absolute Gasteiger partial charge is 0.0261 e. The van der Waals surface area contributed by atoms with Crippen molar-refractivity contribution in [3.05, 3.63) is 120 Å². The molecular weight excluding hydrogens is 336 g/mol. The van der Waals surface area contributed by atoms with Gasteiger partial charge in [-0.15, -0.1) is 0 Å². The van der Waals surface area contributed by atoms with E-state index in [1.165, 1.54) is 32.7 Å². The molecule has 0 radical (unpaired) electrons. The third-order valence-electron chi connectivity index (χ3n) is 5.05. The van der Waals surface area contributed by atoms with Crippen LogP contribution in [0.15, 0.2) is 109 Å². The maximum atomic E-state index is 3.36. The summed E-state index contributed by atoms with van der Waals surface area (Å²) < 4.78 is 0. The SMILES string of the molecule is C(#Cc1cc(-c2ccccc2)c2c(ccc3ccccc32)c1)c1ccccc1. The molecule has 0 atom stereocenters. The average Bonchev–Trinajstić information content (AvgIpc) is 2.78. The van der Waals surface area contributed by atoms with Crippen LogP contribution < -0.4 is 0 Å². The van der Waals surface area contributed by atoms with Crippen molar-refractivity contribution in [1.29, 1.82) is 0 Å². The Balaban J connectivity index is 1.79. The van der Waals surface area contributed by atoms with Crippen LogP contribution in [0, 0.1) is 11.8 Å². The molecule has 0 N–H and O–H groups in total. The monoisotopic (exact) mass is 354 g/mol. The Bertz CT molecular complexity index is 1330. The highest BCUT2D eigenvalue weighted by Gasteiger charge is 2.09. The molecule has 0 heteroatoms. The maximum Gasteiger partial charge on any atom is 0.0261 e. The minimum Gasteiger partial charge on any atom is -0.0622 e. The van der Waals surface area contributed by atoms with Gasteiger partial charge in [0, 0.05) is 11.1 Å². The highest BCUT2D eigenvalue weighted by atomic mass is 14.1. The first-order valence-electron chi connectivity index (χ1n) is 9.46. The minimum atomic E-state index is 1.03. The lowest BCUT2D eigenvalue weighted by Gasteiger charge is -2.11. The summed E-state index contributed by atoms with van der Waals surface area (Å²) in [5.41, 5.74) is 4.51. The van der Waals surface area contributed by atoms with Gasteiger partial charge in [-0.1, -0.05) is 96.8 Å². The van der Waals surface area contributed by atoms with Crippen LogP contribution in [0.3, 0.4) is 0 Å². The second-order valence-corrected chi connectivity index (χ2v) is 6.89. The molecule has 0 spiro atoms. The minimum absolute atomic E-state index is 1.03. The molecule has 0 nitrogen and oxygen atoms in total. The van der Waals surface area contributed by atoms with E-state index in [0.717, 1.165) is 11.1 Å². The molecule has 5 aromatic rings. The summed E-state index contributed by atoms with van der Waals surface area (Å²) in [5, 5.41) is 5.05. The van der Waals surface area contributed by atoms with E-state index in [2.05, 4.69) is 90.7 Å². The summed E-state index contributed by atoms with van der Waals surface area (Å²) in [7, 11) is 0. The van der Waals surface area contributed by atoms with Gasteiger partial charge in [-0.2, -0.15) is 0 Å². The van der Waals surface area contributed by atoms with Crippen molar-refractivity contribution in [1.82, 2.24) is 0 Å². The molecule has 0 heterocycles. The zero-order valence-electron chi connectivity index (χ0n) is 15.4. The molecule has 0 aliphatic heterocycles. The number of benzene rings is 5. The summed E-state index contributed by atoms with van der Waals surface area (Å²) in [5.74, 6) is 6.65. The fourth-order valence-corrected chi connectivity index (χ4v) is 3.73. The standard InChI is InChI=1S/C28H18/c1-3-9-21(10-4-1)15-16-22-19-25-18-17-24-13-7-8-14-26(24)28(25)27(20-22)23-11-5-2-6-12-23/h1-14,17-20H. The summed E-state index contributed by atoms with van der Waals surface area (Å²) >= 11 is 0. The van der Waals surface area contributed by atoms with Crippen LogP contribution in [0.2, 0.25) is 0 Å². The molecule has 0 fully saturated rings. The molecule has 0 saturated carbocycles. The molecule has 5 aromatic carbocycles. The summed E-state index contributed by atoms with van der Waals surface area (Å²) in [6.07, 6.45) is 0. The topological polar surface area (TPSA) is 0 Å². The molecule has 0 amide bonds. The van der Waals surface area contributed by atoms with Crippen molar-refractivity contribution in [2.75, 3.05) is 0 Å². The normalized spacial score (nSPS) is 10.6. The molecule has 0 aliphatic carbocycles. The zero-order valence-corrected chi connectivity index (χ0v) is 15.4. The van der Waals surface area contributed by atoms with E-state index in [-0.39, 0.29) is 0 Å². The molecular formula is C28H18. The van der Waals surface area contributed by atoms with Crippen molar-refractivity contribution < 1.29 is 0 Å². The summed E-state index contributed by atoms with van der Waals surface area (Å²) in [4.78, 5) is 0. The second-order valence-electron chi connectivity index (χ2n) is 6.89. The Kier molecular flexibility index (Phi) is 4.13. The van der Waals surface area contributed by atoms with Crippen LogP contribution in [-0.2, 0) is 0 Å². The predicted octanol–water partition coefficient (Wildman–Crippen LogP) is 7.06. The van der Waals surface area contributed by atoms with Gasteiger partial charge in [0.25, 0.3) is 0 Å². The fourth-order valence-electron chi connectivity index (χ4n) is 3.73. The van der Waals surface area contributed by atoms with E-state index in [0.29, 0.717) is 0 Å². The lowest BCUT2D eigenvalue weighted by Crippen LogP contribution is -1.87. The summed E-state index contributed by atoms with van der Waals surface area (Å²) in [6, 6.07) is 38.1. The molecule has 5 rings (SSSR count). The van der Waals surface area contributed by atoms with Crippen molar-refractivity contribution >= 4 is 21.5 Å². The lowest BCUT2D eigenvalue weighted by atomic mass is 9.92. The molecule has 28 heavy (non-hydrogen) atoms. The van der Waals surface area contributed by atoms with Gasteiger partial charge in [0.1, 0.15) is 0 Å². The molecule has 0 bridgehead atoms. The highest BCUT2D eigenvalue weighted by Crippen LogP contribution is 2.35. The van der Waals surface area contributed by atoms with Gasteiger partial charge < -0.3 is 0 Å². The van der Waals surface area contributed by atoms with Gasteiger partial charge in [0.15, 0.2) is 0 Å². The van der Waals surface area contributed by atoms with E-state index >= 15 is 0 Å². The molecule has 0 unspecified atom stereocenters. The first-order valence-corrected chi connectivity index (χ1v) is 9.46. The molecule has 0 aliphatic rings. The van der Waals surface area contributed by atoms with Crippen LogP contribution in [0.5, 0.6) is 0 Å². The number of fused-ring (bicyclic) bond motifs is 3. The Morgan fingerprint density at radius 2 is 1.11 bits per heavy atom. The predicted molar refractivity (Wildman–Crippen MR) is 119 cm³/mol. The van der Waals surface area contributed by atoms with Gasteiger partial charge >= 0.3 is 0 Å². The van der Waals surface area contributed by atoms with E-state index in [4.69, 9.17) is 0 Å². The maximum absolute atomic E-state index is 3.36. The Morgan fingerprint density at radius 1 is 0.464 bits per heavy atom. The lowest BCUT2D eigenvalue weighted by molar-refractivity contribution is 1.62. The van der Waals surface area contributed by atoms with E-state index in [1.807, 2.05) is 30.3 Å². The number of rotatable bonds is 1. The largest absolute Gasteiger partial charge is 0.0622 e. The van der Waals surface area contributed by atoms with Crippen LogP contribution in [0.4, 0.5) is 0 Å². The fraction of sp³-hybridized carbons (Fsp3) is 0. The quantitative estimate of drug-likeness (QED) is 0.223. The Labute approximate surface area is 165 Å². The van der Waals surface area contributed by atoms with Crippen molar-refractivity contribution in [3.63, 3.8) is 0 Å². The first kappa shape index (κ1) is 16.4. The van der Waals surface area contributed by atoms with Crippen LogP contribution in [-0.4, -0.2) is 0 Å². The first-order chi connectivity index (χ1) is 13.9. The number of hydrogen-bond acceptors (Lipinski definition) is 0. The third kappa shape index (κ3) is 3.04.